The SMILES string of the molecule is Cc1nnc(SCc2c(C(=O)NCCCc3cnn(C)c3)oc3ccccc23)s1. The van der Waals surface area contributed by atoms with Crippen molar-refractivity contribution in [3.63, 3.8) is 0 Å². The van der Waals surface area contributed by atoms with Crippen LogP contribution in [-0.4, -0.2) is 32.4 Å². The molecule has 0 spiro atoms. The minimum Gasteiger partial charge on any atom is -0.451 e. The maximum Gasteiger partial charge on any atom is 0.287 e. The third kappa shape index (κ3) is 4.68. The van der Waals surface area contributed by atoms with E-state index in [0.717, 1.165) is 44.3 Å². The van der Waals surface area contributed by atoms with E-state index < -0.39 is 0 Å². The van der Waals surface area contributed by atoms with Crippen LogP contribution in [0.1, 0.15) is 33.1 Å². The molecule has 0 fully saturated rings. The Morgan fingerprint density at radius 3 is 2.93 bits per heavy atom. The lowest BCUT2D eigenvalue weighted by Crippen LogP contribution is -2.25. The molecule has 29 heavy (non-hydrogen) atoms. The van der Waals surface area contributed by atoms with Gasteiger partial charge in [-0.15, -0.1) is 10.2 Å². The number of carbonyl (C=O) groups excluding carboxylic acids is 1. The summed E-state index contributed by atoms with van der Waals surface area (Å²) < 4.78 is 8.57. The van der Waals surface area contributed by atoms with Crippen molar-refractivity contribution in [3.8, 4) is 0 Å². The lowest BCUT2D eigenvalue weighted by Gasteiger charge is -2.05. The zero-order valence-electron chi connectivity index (χ0n) is 16.2. The molecule has 0 unspecified atom stereocenters. The Bertz CT molecular complexity index is 1130. The molecular weight excluding hydrogens is 406 g/mol. The van der Waals surface area contributed by atoms with Crippen LogP contribution in [0.4, 0.5) is 0 Å². The lowest BCUT2D eigenvalue weighted by molar-refractivity contribution is 0.0926. The van der Waals surface area contributed by atoms with Crippen molar-refractivity contribution in [2.24, 2.45) is 7.05 Å². The van der Waals surface area contributed by atoms with Gasteiger partial charge in [0.25, 0.3) is 5.91 Å². The highest BCUT2D eigenvalue weighted by Crippen LogP contribution is 2.33. The number of hydrogen-bond donors (Lipinski definition) is 1. The number of benzene rings is 1. The maximum atomic E-state index is 12.8. The molecule has 1 N–H and O–H groups in total. The number of hydrogen-bond acceptors (Lipinski definition) is 7. The standard InChI is InChI=1S/C20H21N5O2S2/c1-13-23-24-20(29-13)28-12-16-15-7-3-4-8-17(15)27-18(16)19(26)21-9-5-6-14-10-22-25(2)11-14/h3-4,7-8,10-11H,5-6,9,12H2,1-2H3,(H,21,26). The van der Waals surface area contributed by atoms with Crippen molar-refractivity contribution < 1.29 is 9.21 Å². The minimum absolute atomic E-state index is 0.184. The van der Waals surface area contributed by atoms with E-state index in [-0.39, 0.29) is 5.91 Å². The number of nitrogens with zero attached hydrogens (tertiary/aromatic N) is 4. The van der Waals surface area contributed by atoms with E-state index in [1.54, 1.807) is 27.8 Å². The molecule has 4 rings (SSSR count). The van der Waals surface area contributed by atoms with Gasteiger partial charge in [-0.3, -0.25) is 9.48 Å². The van der Waals surface area contributed by atoms with Crippen LogP contribution >= 0.6 is 23.1 Å². The number of aryl methyl sites for hydroxylation is 3. The molecule has 0 aliphatic rings. The van der Waals surface area contributed by atoms with Crippen molar-refractivity contribution in [3.05, 3.63) is 58.6 Å². The summed E-state index contributed by atoms with van der Waals surface area (Å²) in [6.07, 6.45) is 5.55. The Morgan fingerprint density at radius 1 is 1.31 bits per heavy atom. The number of nitrogens with one attached hydrogen (secondary N) is 1. The van der Waals surface area contributed by atoms with E-state index in [4.69, 9.17) is 4.42 Å². The number of fused-ring (bicyclic) bond motifs is 1. The van der Waals surface area contributed by atoms with Crippen LogP contribution in [0.2, 0.25) is 0 Å². The Balaban J connectivity index is 1.44. The summed E-state index contributed by atoms with van der Waals surface area (Å²) in [6, 6.07) is 7.74. The molecule has 0 saturated heterocycles. The van der Waals surface area contributed by atoms with Gasteiger partial charge in [0.05, 0.1) is 6.20 Å². The molecule has 0 radical (unpaired) electrons. The van der Waals surface area contributed by atoms with E-state index in [2.05, 4.69) is 20.6 Å². The number of furan rings is 1. The lowest BCUT2D eigenvalue weighted by atomic mass is 10.1. The molecule has 0 bridgehead atoms. The largest absolute Gasteiger partial charge is 0.451 e. The first-order valence-electron chi connectivity index (χ1n) is 9.29. The third-order valence-electron chi connectivity index (χ3n) is 4.44. The fraction of sp³-hybridized carbons (Fsp3) is 0.300. The van der Waals surface area contributed by atoms with Crippen molar-refractivity contribution >= 4 is 40.0 Å². The first-order valence-corrected chi connectivity index (χ1v) is 11.1. The summed E-state index contributed by atoms with van der Waals surface area (Å²) in [5.41, 5.74) is 2.77. The Kier molecular flexibility index (Phi) is 5.96. The molecule has 150 valence electrons. The fourth-order valence-electron chi connectivity index (χ4n) is 3.07. The topological polar surface area (TPSA) is 85.8 Å². The van der Waals surface area contributed by atoms with E-state index in [1.807, 2.05) is 50.6 Å². The molecule has 0 aliphatic carbocycles. The first kappa shape index (κ1) is 19.7. The summed E-state index contributed by atoms with van der Waals surface area (Å²) in [6.45, 7) is 2.51. The second kappa shape index (κ2) is 8.79. The van der Waals surface area contributed by atoms with Gasteiger partial charge in [-0.05, 0) is 31.4 Å². The van der Waals surface area contributed by atoms with Crippen LogP contribution in [-0.2, 0) is 19.2 Å². The van der Waals surface area contributed by atoms with Gasteiger partial charge in [0.2, 0.25) is 0 Å². The molecule has 4 aromatic rings. The molecule has 3 aromatic heterocycles. The zero-order valence-corrected chi connectivity index (χ0v) is 17.8. The molecule has 1 aromatic carbocycles. The Labute approximate surface area is 176 Å². The van der Waals surface area contributed by atoms with Crippen LogP contribution in [0.5, 0.6) is 0 Å². The van der Waals surface area contributed by atoms with Crippen molar-refractivity contribution in [1.82, 2.24) is 25.3 Å². The molecule has 0 saturated carbocycles. The average Bonchev–Trinajstić information content (AvgIpc) is 3.42. The van der Waals surface area contributed by atoms with Crippen molar-refractivity contribution in [2.45, 2.75) is 29.9 Å². The van der Waals surface area contributed by atoms with E-state index in [0.29, 0.717) is 18.1 Å². The summed E-state index contributed by atoms with van der Waals surface area (Å²) in [5, 5.41) is 17.2. The summed E-state index contributed by atoms with van der Waals surface area (Å²) in [5.74, 6) is 0.794. The maximum absolute atomic E-state index is 12.8. The smallest absolute Gasteiger partial charge is 0.287 e. The Hall–Kier alpha value is -2.65. The van der Waals surface area contributed by atoms with Crippen LogP contribution in [0.15, 0.2) is 45.4 Å². The van der Waals surface area contributed by atoms with Crippen molar-refractivity contribution in [2.75, 3.05) is 6.54 Å². The highest BCUT2D eigenvalue weighted by molar-refractivity contribution is 8.00. The van der Waals surface area contributed by atoms with Gasteiger partial charge in [-0.1, -0.05) is 41.3 Å². The number of rotatable bonds is 8. The second-order valence-corrected chi connectivity index (χ2v) is 9.07. The highest BCUT2D eigenvalue weighted by Gasteiger charge is 2.20. The van der Waals surface area contributed by atoms with Gasteiger partial charge in [0.1, 0.15) is 10.6 Å². The number of carbonyl (C=O) groups is 1. The quantitative estimate of drug-likeness (QED) is 0.338. The number of amides is 1. The predicted octanol–water partition coefficient (Wildman–Crippen LogP) is 3.98. The van der Waals surface area contributed by atoms with E-state index in [1.165, 1.54) is 0 Å². The number of aromatic nitrogens is 4. The van der Waals surface area contributed by atoms with Gasteiger partial charge < -0.3 is 9.73 Å². The molecule has 0 atom stereocenters. The molecule has 7 nitrogen and oxygen atoms in total. The summed E-state index contributed by atoms with van der Waals surface area (Å²) in [4.78, 5) is 12.8. The van der Waals surface area contributed by atoms with Crippen LogP contribution in [0, 0.1) is 6.92 Å². The summed E-state index contributed by atoms with van der Waals surface area (Å²) >= 11 is 3.12. The van der Waals surface area contributed by atoms with Gasteiger partial charge in [0.15, 0.2) is 10.1 Å². The Morgan fingerprint density at radius 2 is 2.17 bits per heavy atom. The number of para-hydroxylation sites is 1. The van der Waals surface area contributed by atoms with Crippen LogP contribution < -0.4 is 5.32 Å². The molecule has 1 amide bonds. The van der Waals surface area contributed by atoms with Gasteiger partial charge in [-0.2, -0.15) is 5.10 Å². The van der Waals surface area contributed by atoms with E-state index >= 15 is 0 Å². The van der Waals surface area contributed by atoms with Crippen molar-refractivity contribution in [1.29, 1.82) is 0 Å². The highest BCUT2D eigenvalue weighted by atomic mass is 32.2. The van der Waals surface area contributed by atoms with Crippen LogP contribution in [0.3, 0.4) is 0 Å². The minimum atomic E-state index is -0.184. The van der Waals surface area contributed by atoms with Crippen LogP contribution in [0.25, 0.3) is 11.0 Å². The zero-order chi connectivity index (χ0) is 20.2. The fourth-order valence-corrected chi connectivity index (χ4v) is 4.92. The molecule has 9 heteroatoms. The molecule has 3 heterocycles. The van der Waals surface area contributed by atoms with Gasteiger partial charge >= 0.3 is 0 Å². The molecule has 0 aliphatic heterocycles. The normalized spacial score (nSPS) is 11.2. The van der Waals surface area contributed by atoms with Gasteiger partial charge in [0, 0.05) is 36.5 Å². The summed E-state index contributed by atoms with van der Waals surface area (Å²) in [7, 11) is 1.90. The monoisotopic (exact) mass is 427 g/mol. The second-order valence-electron chi connectivity index (χ2n) is 6.66. The van der Waals surface area contributed by atoms with E-state index in [9.17, 15) is 4.79 Å². The average molecular weight is 428 g/mol. The third-order valence-corrected chi connectivity index (χ3v) is 6.44. The first-order chi connectivity index (χ1) is 14.1. The van der Waals surface area contributed by atoms with Gasteiger partial charge in [-0.25, -0.2) is 0 Å². The predicted molar refractivity (Wildman–Crippen MR) is 114 cm³/mol. The molecular formula is C20H21N5O2S2. The number of thioether (sulfide) groups is 1.